The summed E-state index contributed by atoms with van der Waals surface area (Å²) in [5, 5.41) is 9.40. The fourth-order valence-electron chi connectivity index (χ4n) is 14.5. The van der Waals surface area contributed by atoms with Gasteiger partial charge >= 0.3 is 0 Å². The molecule has 0 aliphatic rings. The number of imidazole rings is 2. The molecule has 0 N–H and O–H groups in total. The molecule has 0 aliphatic heterocycles. The second-order valence-electron chi connectivity index (χ2n) is 26.5. The molecule has 17 aromatic rings. The van der Waals surface area contributed by atoms with Crippen LogP contribution in [0.5, 0.6) is 0 Å². The molecule has 99 heavy (non-hydrogen) atoms. The molecule has 6 aromatic heterocycles. The SMILES string of the molecule is Cc1cccc(C)c1-c1ccnc(-n2c3[c-]c([Si](C)(C)c4[c-]c(-n5[cH+]n(-c6ccccc6)c6ccccc65)ccc4)ccc3c3ccccc32)c1.[2H]C([2H])([2H])n1[cH+]n(-c2[c-]c([Si](C)(C)c3[c-]c4c(cc3)c3ccccc3n4-c3cc(-c4c(C)cccc4C)ccn3)ccc2)c2ccccc21.[Pt].[Pt]. The molecule has 0 saturated carbocycles. The van der Waals surface area contributed by atoms with E-state index in [0.29, 0.717) is 5.52 Å². The molecule has 0 spiro atoms. The maximum Gasteiger partial charge on any atom is 0.188 e. The molecule has 6 heterocycles. The summed E-state index contributed by atoms with van der Waals surface area (Å²) in [5.74, 6) is 1.75. The van der Waals surface area contributed by atoms with Gasteiger partial charge in [-0.25, -0.2) is 23.7 Å². The van der Waals surface area contributed by atoms with Crippen LogP contribution in [-0.2, 0) is 49.1 Å². The predicted molar refractivity (Wildman–Crippen MR) is 409 cm³/mol. The Bertz CT molecular complexity index is 6030. The molecule has 0 fully saturated rings. The number of rotatable bonds is 11. The third-order valence-corrected chi connectivity index (χ3v) is 26.3. The van der Waals surface area contributed by atoms with Crippen molar-refractivity contribution in [2.24, 2.45) is 6.98 Å². The van der Waals surface area contributed by atoms with E-state index >= 15 is 0 Å². The van der Waals surface area contributed by atoms with Gasteiger partial charge < -0.3 is 9.13 Å². The van der Waals surface area contributed by atoms with E-state index in [-0.39, 0.29) is 42.1 Å². The molecule has 490 valence electrons. The Balaban J connectivity index is 0.000000170. The van der Waals surface area contributed by atoms with Gasteiger partial charge in [-0.2, -0.15) is 86.0 Å². The number of hydrogen-bond donors (Lipinski definition) is 0. The molecule has 0 atom stereocenters. The molecule has 0 bridgehead atoms. The Kier molecular flexibility index (Phi) is 16.9. The van der Waals surface area contributed by atoms with Gasteiger partial charge in [0, 0.05) is 112 Å². The molecule has 0 radical (unpaired) electrons. The Morgan fingerprint density at radius 2 is 0.737 bits per heavy atom. The van der Waals surface area contributed by atoms with Crippen molar-refractivity contribution in [1.29, 1.82) is 0 Å². The van der Waals surface area contributed by atoms with E-state index in [1.807, 2.05) is 53.4 Å². The number of pyridine rings is 2. The topological polar surface area (TPSA) is 55.4 Å². The number of para-hydroxylation sites is 7. The van der Waals surface area contributed by atoms with Crippen LogP contribution in [-0.4, -0.2) is 53.5 Å². The fourth-order valence-corrected chi connectivity index (χ4v) is 18.9. The van der Waals surface area contributed by atoms with Crippen molar-refractivity contribution in [2.45, 2.75) is 53.9 Å². The van der Waals surface area contributed by atoms with Gasteiger partial charge in [0.05, 0.1) is 16.1 Å². The van der Waals surface area contributed by atoms with Crippen molar-refractivity contribution in [3.8, 4) is 51.0 Å². The summed E-state index contributed by atoms with van der Waals surface area (Å²) in [6.45, 7) is 15.8. The van der Waals surface area contributed by atoms with E-state index in [1.54, 1.807) is 6.33 Å². The van der Waals surface area contributed by atoms with Gasteiger partial charge in [-0.1, -0.05) is 140 Å². The smallest absolute Gasteiger partial charge is 0.188 e. The second kappa shape index (κ2) is 26.7. The van der Waals surface area contributed by atoms with Crippen LogP contribution in [0.25, 0.3) is 117 Å². The van der Waals surface area contributed by atoms with Crippen LogP contribution >= 0.6 is 0 Å². The summed E-state index contributed by atoms with van der Waals surface area (Å²) in [5.41, 5.74) is 20.8. The van der Waals surface area contributed by atoms with Gasteiger partial charge in [0.2, 0.25) is 0 Å². The number of benzene rings is 11. The molecule has 11 aromatic carbocycles. The molecule has 8 nitrogen and oxygen atoms in total. The van der Waals surface area contributed by atoms with Crippen molar-refractivity contribution in [3.63, 3.8) is 0 Å². The minimum absolute atomic E-state index is 0. The molecule has 0 aliphatic carbocycles. The van der Waals surface area contributed by atoms with Crippen molar-refractivity contribution >= 4 is 103 Å². The Morgan fingerprint density at radius 1 is 0.354 bits per heavy atom. The van der Waals surface area contributed by atoms with Gasteiger partial charge in [-0.05, 0) is 144 Å². The van der Waals surface area contributed by atoms with Crippen LogP contribution in [0.2, 0.25) is 26.2 Å². The van der Waals surface area contributed by atoms with E-state index < -0.39 is 23.1 Å². The van der Waals surface area contributed by atoms with Crippen LogP contribution in [0, 0.1) is 52.0 Å². The van der Waals surface area contributed by atoms with E-state index in [0.717, 1.165) is 94.0 Å². The molecular formula is C87H72N8Pt2Si2-2. The number of nitrogens with zero attached hydrogens (tertiary/aromatic N) is 8. The van der Waals surface area contributed by atoms with Gasteiger partial charge in [0.1, 0.15) is 17.3 Å². The van der Waals surface area contributed by atoms with E-state index in [4.69, 9.17) is 14.1 Å². The molecule has 0 amide bonds. The molecule has 0 saturated heterocycles. The van der Waals surface area contributed by atoms with Gasteiger partial charge in [-0.3, -0.25) is 0 Å². The summed E-state index contributed by atoms with van der Waals surface area (Å²) in [4.78, 5) is 9.86. The first kappa shape index (κ1) is 62.6. The van der Waals surface area contributed by atoms with Crippen LogP contribution in [0.3, 0.4) is 0 Å². The zero-order valence-electron chi connectivity index (χ0n) is 59.2. The summed E-state index contributed by atoms with van der Waals surface area (Å²) < 4.78 is 36.7. The summed E-state index contributed by atoms with van der Waals surface area (Å²) in [7, 11) is -4.64. The van der Waals surface area contributed by atoms with Crippen LogP contribution in [0.1, 0.15) is 26.4 Å². The Morgan fingerprint density at radius 3 is 1.20 bits per heavy atom. The van der Waals surface area contributed by atoms with Crippen LogP contribution < -0.4 is 20.7 Å². The van der Waals surface area contributed by atoms with Crippen molar-refractivity contribution in [1.82, 2.24) is 37.4 Å². The zero-order valence-corrected chi connectivity index (χ0v) is 62.7. The summed E-state index contributed by atoms with van der Waals surface area (Å²) in [6, 6.07) is 103. The first-order valence-electron chi connectivity index (χ1n) is 34.5. The quantitative estimate of drug-likeness (QED) is 0.0957. The first-order chi connectivity index (χ1) is 48.4. The summed E-state index contributed by atoms with van der Waals surface area (Å²) in [6.07, 6.45) is 7.69. The first-order valence-corrected chi connectivity index (χ1v) is 39.0. The largest absolute Gasteiger partial charge is 0.319 e. The van der Waals surface area contributed by atoms with Crippen molar-refractivity contribution < 1.29 is 46.2 Å². The maximum absolute atomic E-state index is 8.11. The molecular weight excluding hydrogens is 1600 g/mol. The number of hydrogen-bond acceptors (Lipinski definition) is 2. The number of fused-ring (bicyclic) bond motifs is 8. The zero-order chi connectivity index (χ0) is 68.8. The standard InChI is InChI=1S/C46H37N4Si.C41H35N4Si.2Pt/c1-32-14-12-15-33(2)46(32)34-26-27-47-45(28-34)50-41-21-9-8-20-39(41)40-25-24-38(30-44(40)50)51(3,4)37-19-13-18-36(29-37)49-31-48(35-16-6-5-7-17-35)42-22-10-11-23-43(42)49;1-28-12-10-13-29(2)41(28)30-22-23-42-40(24-30)45-36-17-7-6-16-34(36)35-21-20-33(26-39(35)45)46(4,5)32-15-11-14-31(25-32)44-27-43(3)37-18-8-9-19-38(37)44;;/h5-28,31H,1-4H3;6-24,27H,1-5H3;;/q2*-1;;/i;3D3;;. The van der Waals surface area contributed by atoms with E-state index in [9.17, 15) is 0 Å². The molecule has 17 rings (SSSR count). The van der Waals surface area contributed by atoms with Crippen molar-refractivity contribution in [2.75, 3.05) is 0 Å². The Hall–Kier alpha value is -9.93. The average molecular weight is 1680 g/mol. The average Bonchev–Trinajstić information content (AvgIpc) is 1.58. The van der Waals surface area contributed by atoms with E-state index in [2.05, 4.69) is 315 Å². The monoisotopic (exact) mass is 1680 g/mol. The summed E-state index contributed by atoms with van der Waals surface area (Å²) >= 11 is 0. The van der Waals surface area contributed by atoms with Gasteiger partial charge in [-0.15, -0.1) is 35.0 Å². The molecule has 12 heteroatoms. The minimum atomic E-state index is -2.36. The predicted octanol–water partition coefficient (Wildman–Crippen LogP) is 18.3. The van der Waals surface area contributed by atoms with E-state index in [1.165, 1.54) is 64.7 Å². The third kappa shape index (κ3) is 11.7. The second-order valence-corrected chi connectivity index (χ2v) is 35.1. The number of aryl methyl sites for hydroxylation is 5. The van der Waals surface area contributed by atoms with Gasteiger partial charge in [0.25, 0.3) is 0 Å². The normalized spacial score (nSPS) is 12.3. The van der Waals surface area contributed by atoms with Crippen LogP contribution in [0.15, 0.2) is 274 Å². The molecule has 0 unspecified atom stereocenters. The minimum Gasteiger partial charge on any atom is -0.319 e. The van der Waals surface area contributed by atoms with Crippen LogP contribution in [0.4, 0.5) is 0 Å². The van der Waals surface area contributed by atoms with Crippen molar-refractivity contribution in [3.05, 3.63) is 320 Å². The van der Waals surface area contributed by atoms with Gasteiger partial charge in [0.15, 0.2) is 34.7 Å². The number of aromatic nitrogens is 8. The third-order valence-electron chi connectivity index (χ3n) is 19.7. The fraction of sp³-hybridized carbons (Fsp3) is 0.103. The Labute approximate surface area is 613 Å². The maximum atomic E-state index is 8.11.